The van der Waals surface area contributed by atoms with Gasteiger partial charge in [0.2, 0.25) is 0 Å². The zero-order valence-corrected chi connectivity index (χ0v) is 10.9. The molecule has 0 aromatic rings. The summed E-state index contributed by atoms with van der Waals surface area (Å²) in [7, 11) is 0. The first-order chi connectivity index (χ1) is 6.13. The average molecular weight is 263 g/mol. The maximum absolute atomic E-state index is 12.0. The fourth-order valence-electron chi connectivity index (χ4n) is 2.45. The van der Waals surface area contributed by atoms with Crippen molar-refractivity contribution in [1.29, 1.82) is 0 Å². The molecule has 0 N–H and O–H groups in total. The van der Waals surface area contributed by atoms with Crippen LogP contribution in [0.25, 0.3) is 0 Å². The monoisotopic (exact) mass is 262 g/mol. The number of rotatable bonds is 1. The summed E-state index contributed by atoms with van der Waals surface area (Å²) >= 11 is 3.48. The Labute approximate surface area is 93.6 Å². The standard InChI is InChI=1S/C10H17BrNO2/c1-6(13)7-8(11)10(4,5)12(14)9(7,2)3/h7-8H,1-5H3/q-1. The van der Waals surface area contributed by atoms with Crippen LogP contribution >= 0.6 is 15.9 Å². The number of nitrogens with zero attached hydrogens (tertiary/aromatic N) is 1. The van der Waals surface area contributed by atoms with Gasteiger partial charge in [0.1, 0.15) is 5.78 Å². The first kappa shape index (κ1) is 12.1. The zero-order valence-electron chi connectivity index (χ0n) is 9.30. The molecule has 1 heterocycles. The number of hydrogen-bond acceptors (Lipinski definition) is 3. The van der Waals surface area contributed by atoms with Gasteiger partial charge in [0.05, 0.1) is 0 Å². The normalized spacial score (nSPS) is 35.9. The summed E-state index contributed by atoms with van der Waals surface area (Å²) in [5, 5.41) is 13.1. The third-order valence-electron chi connectivity index (χ3n) is 3.21. The van der Waals surface area contributed by atoms with Crippen molar-refractivity contribution in [2.45, 2.75) is 50.5 Å². The molecule has 0 bridgehead atoms. The number of carbonyl (C=O) groups excluding carboxylic acids is 1. The van der Waals surface area contributed by atoms with Gasteiger partial charge in [-0.2, -0.15) is 0 Å². The Bertz CT molecular complexity index is 263. The molecule has 82 valence electrons. The Morgan fingerprint density at radius 1 is 1.29 bits per heavy atom. The van der Waals surface area contributed by atoms with E-state index < -0.39 is 11.1 Å². The van der Waals surface area contributed by atoms with Gasteiger partial charge in [-0.3, -0.25) is 4.79 Å². The summed E-state index contributed by atoms with van der Waals surface area (Å²) in [5.74, 6) is -0.168. The Hall–Kier alpha value is 0.0700. The number of ketones is 1. The summed E-state index contributed by atoms with van der Waals surface area (Å²) in [5.41, 5.74) is -1.15. The molecule has 0 spiro atoms. The maximum atomic E-state index is 12.0. The van der Waals surface area contributed by atoms with Crippen molar-refractivity contribution in [2.75, 3.05) is 0 Å². The topological polar surface area (TPSA) is 43.4 Å². The van der Waals surface area contributed by atoms with Crippen molar-refractivity contribution < 1.29 is 4.79 Å². The van der Waals surface area contributed by atoms with Crippen molar-refractivity contribution in [2.24, 2.45) is 5.92 Å². The number of hydrogen-bond donors (Lipinski definition) is 0. The molecule has 2 unspecified atom stereocenters. The quantitative estimate of drug-likeness (QED) is 0.682. The lowest BCUT2D eigenvalue weighted by Gasteiger charge is -2.47. The van der Waals surface area contributed by atoms with Gasteiger partial charge in [-0.1, -0.05) is 15.9 Å². The number of hydroxylamine groups is 2. The minimum atomic E-state index is -0.622. The second-order valence-corrected chi connectivity index (χ2v) is 6.08. The first-order valence-corrected chi connectivity index (χ1v) is 5.67. The van der Waals surface area contributed by atoms with Gasteiger partial charge in [-0.15, -0.1) is 0 Å². The first-order valence-electron chi connectivity index (χ1n) is 4.75. The van der Waals surface area contributed by atoms with Crippen LogP contribution in [0.4, 0.5) is 0 Å². The molecular weight excluding hydrogens is 246 g/mol. The number of alkyl halides is 1. The van der Waals surface area contributed by atoms with E-state index in [1.54, 1.807) is 6.92 Å². The Morgan fingerprint density at radius 3 is 1.86 bits per heavy atom. The number of halogens is 1. The van der Waals surface area contributed by atoms with Crippen molar-refractivity contribution >= 4 is 21.7 Å². The van der Waals surface area contributed by atoms with Gasteiger partial charge in [0.25, 0.3) is 0 Å². The van der Waals surface area contributed by atoms with E-state index >= 15 is 0 Å². The van der Waals surface area contributed by atoms with Gasteiger partial charge in [-0.25, -0.2) is 0 Å². The smallest absolute Gasteiger partial charge is 0.135 e. The highest BCUT2D eigenvalue weighted by atomic mass is 79.9. The molecule has 1 saturated heterocycles. The van der Waals surface area contributed by atoms with Crippen LogP contribution in [0, 0.1) is 11.1 Å². The zero-order chi connectivity index (χ0) is 11.3. The minimum absolute atomic E-state index is 0.0725. The predicted octanol–water partition coefficient (Wildman–Crippen LogP) is 2.33. The number of carbonyl (C=O) groups is 1. The molecule has 14 heavy (non-hydrogen) atoms. The van der Waals surface area contributed by atoms with E-state index in [1.165, 1.54) is 0 Å². The molecule has 0 aromatic heterocycles. The van der Waals surface area contributed by atoms with Gasteiger partial charge < -0.3 is 10.3 Å². The maximum Gasteiger partial charge on any atom is 0.135 e. The molecule has 0 amide bonds. The highest BCUT2D eigenvalue weighted by molar-refractivity contribution is 9.09. The van der Waals surface area contributed by atoms with Gasteiger partial charge >= 0.3 is 0 Å². The van der Waals surface area contributed by atoms with E-state index in [2.05, 4.69) is 15.9 Å². The van der Waals surface area contributed by atoms with E-state index in [0.717, 1.165) is 5.06 Å². The Balaban J connectivity index is 3.16. The molecule has 2 atom stereocenters. The second-order valence-electron chi connectivity index (χ2n) is 5.09. The summed E-state index contributed by atoms with van der Waals surface area (Å²) in [6.45, 7) is 8.94. The third kappa shape index (κ3) is 1.44. The molecular formula is C10H17BrNO2-. The molecule has 4 heteroatoms. The summed E-state index contributed by atoms with van der Waals surface area (Å²) in [4.78, 5) is 11.4. The molecule has 0 aliphatic carbocycles. The Kier molecular flexibility index (Phi) is 2.85. The van der Waals surface area contributed by atoms with Gasteiger partial charge in [-0.05, 0) is 34.6 Å². The van der Waals surface area contributed by atoms with Crippen LogP contribution in [0.1, 0.15) is 34.6 Å². The lowest BCUT2D eigenvalue weighted by Crippen LogP contribution is -2.46. The fraction of sp³-hybridized carbons (Fsp3) is 0.900. The highest BCUT2D eigenvalue weighted by Crippen LogP contribution is 2.48. The number of Topliss-reactive ketones (excluding diaryl/α,β-unsaturated/α-hetero) is 1. The second kappa shape index (κ2) is 3.29. The van der Waals surface area contributed by atoms with Crippen LogP contribution in [0.15, 0.2) is 0 Å². The van der Waals surface area contributed by atoms with Crippen molar-refractivity contribution in [3.8, 4) is 0 Å². The van der Waals surface area contributed by atoms with Crippen LogP contribution in [0.3, 0.4) is 0 Å². The molecule has 1 aliphatic rings. The lowest BCUT2D eigenvalue weighted by atomic mass is 9.84. The van der Waals surface area contributed by atoms with Crippen molar-refractivity contribution in [1.82, 2.24) is 5.06 Å². The molecule has 1 aliphatic heterocycles. The van der Waals surface area contributed by atoms with E-state index in [4.69, 9.17) is 0 Å². The molecule has 3 nitrogen and oxygen atoms in total. The summed E-state index contributed by atoms with van der Waals surface area (Å²) in [6.07, 6.45) is 0. The molecule has 1 rings (SSSR count). The molecule has 0 radical (unpaired) electrons. The predicted molar refractivity (Wildman–Crippen MR) is 60.3 cm³/mol. The average Bonchev–Trinajstić information content (AvgIpc) is 2.10. The molecule has 0 saturated carbocycles. The van der Waals surface area contributed by atoms with E-state index in [0.29, 0.717) is 0 Å². The van der Waals surface area contributed by atoms with Crippen molar-refractivity contribution in [3.63, 3.8) is 0 Å². The minimum Gasteiger partial charge on any atom is -0.784 e. The van der Waals surface area contributed by atoms with Gasteiger partial charge in [0, 0.05) is 21.8 Å². The van der Waals surface area contributed by atoms with Crippen LogP contribution in [-0.4, -0.2) is 26.8 Å². The van der Waals surface area contributed by atoms with Crippen LogP contribution < -0.4 is 0 Å². The van der Waals surface area contributed by atoms with E-state index in [1.807, 2.05) is 27.7 Å². The molecule has 1 fully saturated rings. The summed E-state index contributed by atoms with van der Waals surface area (Å²) in [6, 6.07) is 0. The highest BCUT2D eigenvalue weighted by Gasteiger charge is 2.54. The fourth-order valence-corrected chi connectivity index (χ4v) is 3.66. The Morgan fingerprint density at radius 2 is 1.71 bits per heavy atom. The molecule has 0 aromatic carbocycles. The van der Waals surface area contributed by atoms with E-state index in [-0.39, 0.29) is 16.5 Å². The van der Waals surface area contributed by atoms with E-state index in [9.17, 15) is 10.0 Å². The van der Waals surface area contributed by atoms with Crippen LogP contribution in [-0.2, 0) is 4.79 Å². The van der Waals surface area contributed by atoms with Crippen LogP contribution in [0.5, 0.6) is 0 Å². The lowest BCUT2D eigenvalue weighted by molar-refractivity contribution is -0.122. The largest absolute Gasteiger partial charge is 0.784 e. The van der Waals surface area contributed by atoms with Gasteiger partial charge in [0.15, 0.2) is 0 Å². The SMILES string of the molecule is CC(=O)C1C(Br)C(C)(C)N([O-])C1(C)C. The van der Waals surface area contributed by atoms with Crippen LogP contribution in [0.2, 0.25) is 0 Å². The van der Waals surface area contributed by atoms with Crippen molar-refractivity contribution in [3.05, 3.63) is 5.21 Å². The third-order valence-corrected chi connectivity index (χ3v) is 4.86. The summed E-state index contributed by atoms with van der Waals surface area (Å²) < 4.78 is 0.